The van der Waals surface area contributed by atoms with Crippen molar-refractivity contribution in [1.82, 2.24) is 5.16 Å². The van der Waals surface area contributed by atoms with Crippen LogP contribution < -0.4 is 10.0 Å². The predicted octanol–water partition coefficient (Wildman–Crippen LogP) is 4.33. The summed E-state index contributed by atoms with van der Waals surface area (Å²) >= 11 is 0. The van der Waals surface area contributed by atoms with E-state index in [1.54, 1.807) is 38.1 Å². The van der Waals surface area contributed by atoms with Crippen molar-refractivity contribution in [3.8, 4) is 11.1 Å². The molecular formula is C21H23N3O4S. The van der Waals surface area contributed by atoms with Gasteiger partial charge < -0.3 is 4.52 Å². The van der Waals surface area contributed by atoms with Crippen LogP contribution in [0.25, 0.3) is 11.1 Å². The highest BCUT2D eigenvalue weighted by molar-refractivity contribution is 7.92. The third-order valence-electron chi connectivity index (χ3n) is 4.54. The van der Waals surface area contributed by atoms with Gasteiger partial charge in [-0.15, -0.1) is 0 Å². The quantitative estimate of drug-likeness (QED) is 0.648. The van der Waals surface area contributed by atoms with Crippen molar-refractivity contribution in [3.63, 3.8) is 0 Å². The molecule has 0 aliphatic heterocycles. The Kier molecular flexibility index (Phi) is 5.48. The Balaban J connectivity index is 2.06. The Labute approximate surface area is 170 Å². The van der Waals surface area contributed by atoms with E-state index in [0.29, 0.717) is 28.1 Å². The molecule has 1 amide bonds. The topological polar surface area (TPSA) is 101 Å². The standard InChI is InChI=1S/C21H23N3O4S/c1-12-6-9-18(14(3)10-12)24-29(26,27)19-11-17(8-7-13(19)2)20-15(4)23-28-21(20)22-16(5)25/h6-11,24H,1-5H3,(H,22,25). The van der Waals surface area contributed by atoms with Crippen molar-refractivity contribution in [3.05, 3.63) is 58.8 Å². The van der Waals surface area contributed by atoms with Crippen LogP contribution >= 0.6 is 0 Å². The highest BCUT2D eigenvalue weighted by atomic mass is 32.2. The van der Waals surface area contributed by atoms with Gasteiger partial charge in [-0.2, -0.15) is 0 Å². The molecule has 1 heterocycles. The highest BCUT2D eigenvalue weighted by Gasteiger charge is 2.22. The summed E-state index contributed by atoms with van der Waals surface area (Å²) < 4.78 is 34.1. The fraction of sp³-hybridized carbons (Fsp3) is 0.238. The normalized spacial score (nSPS) is 11.3. The summed E-state index contributed by atoms with van der Waals surface area (Å²) in [5.41, 5.74) is 4.69. The van der Waals surface area contributed by atoms with E-state index >= 15 is 0 Å². The van der Waals surface area contributed by atoms with Crippen molar-refractivity contribution >= 4 is 27.5 Å². The van der Waals surface area contributed by atoms with Crippen LogP contribution in [0.3, 0.4) is 0 Å². The second-order valence-corrected chi connectivity index (χ2v) is 8.71. The highest BCUT2D eigenvalue weighted by Crippen LogP contribution is 2.34. The zero-order valence-electron chi connectivity index (χ0n) is 17.0. The van der Waals surface area contributed by atoms with Gasteiger partial charge in [-0.25, -0.2) is 8.42 Å². The maximum Gasteiger partial charge on any atom is 0.262 e. The fourth-order valence-electron chi connectivity index (χ4n) is 3.13. The number of aromatic nitrogens is 1. The second kappa shape index (κ2) is 7.71. The van der Waals surface area contributed by atoms with Gasteiger partial charge in [0.25, 0.3) is 10.0 Å². The number of carbonyl (C=O) groups is 1. The van der Waals surface area contributed by atoms with Gasteiger partial charge in [0.2, 0.25) is 11.8 Å². The lowest BCUT2D eigenvalue weighted by molar-refractivity contribution is -0.114. The third kappa shape index (κ3) is 4.32. The number of anilines is 2. The molecule has 2 N–H and O–H groups in total. The minimum atomic E-state index is -3.83. The molecule has 29 heavy (non-hydrogen) atoms. The first-order chi connectivity index (χ1) is 13.6. The molecular weight excluding hydrogens is 390 g/mol. The number of aryl methyl sites for hydroxylation is 4. The molecule has 3 rings (SSSR count). The summed E-state index contributed by atoms with van der Waals surface area (Å²) in [4.78, 5) is 11.6. The maximum atomic E-state index is 13.1. The number of hydrogen-bond acceptors (Lipinski definition) is 5. The molecule has 0 aliphatic carbocycles. The van der Waals surface area contributed by atoms with Gasteiger partial charge in [0.1, 0.15) is 0 Å². The number of sulfonamides is 1. The Bertz CT molecular complexity index is 1200. The monoisotopic (exact) mass is 413 g/mol. The lowest BCUT2D eigenvalue weighted by Gasteiger charge is -2.14. The molecule has 1 aromatic heterocycles. The first-order valence-electron chi connectivity index (χ1n) is 9.03. The number of hydrogen-bond donors (Lipinski definition) is 2. The number of carbonyl (C=O) groups excluding carboxylic acids is 1. The largest absolute Gasteiger partial charge is 0.337 e. The average molecular weight is 413 g/mol. The van der Waals surface area contributed by atoms with Crippen molar-refractivity contribution in [2.45, 2.75) is 39.5 Å². The first kappa shape index (κ1) is 20.6. The Morgan fingerprint density at radius 2 is 1.72 bits per heavy atom. The van der Waals surface area contributed by atoms with Crippen LogP contribution in [0.4, 0.5) is 11.6 Å². The van der Waals surface area contributed by atoms with Crippen LogP contribution in [0, 0.1) is 27.7 Å². The smallest absolute Gasteiger partial charge is 0.262 e. The molecule has 0 radical (unpaired) electrons. The lowest BCUT2D eigenvalue weighted by Crippen LogP contribution is -2.15. The molecule has 3 aromatic rings. The SMILES string of the molecule is CC(=O)Nc1onc(C)c1-c1ccc(C)c(S(=O)(=O)Nc2ccc(C)cc2C)c1. The van der Waals surface area contributed by atoms with Crippen LogP contribution in [0.5, 0.6) is 0 Å². The zero-order valence-corrected chi connectivity index (χ0v) is 17.8. The van der Waals surface area contributed by atoms with Gasteiger partial charge >= 0.3 is 0 Å². The molecule has 7 nitrogen and oxygen atoms in total. The Morgan fingerprint density at radius 3 is 2.38 bits per heavy atom. The summed E-state index contributed by atoms with van der Waals surface area (Å²) in [5.74, 6) is -0.122. The van der Waals surface area contributed by atoms with E-state index < -0.39 is 10.0 Å². The van der Waals surface area contributed by atoms with Crippen LogP contribution in [-0.2, 0) is 14.8 Å². The predicted molar refractivity (Wildman–Crippen MR) is 112 cm³/mol. The number of nitrogens with one attached hydrogen (secondary N) is 2. The summed E-state index contributed by atoms with van der Waals surface area (Å²) in [6.07, 6.45) is 0. The van der Waals surface area contributed by atoms with Gasteiger partial charge in [0.05, 0.1) is 21.8 Å². The minimum absolute atomic E-state index is 0.143. The molecule has 8 heteroatoms. The van der Waals surface area contributed by atoms with E-state index in [1.807, 2.05) is 26.0 Å². The molecule has 0 aliphatic rings. The van der Waals surface area contributed by atoms with E-state index in [1.165, 1.54) is 6.92 Å². The van der Waals surface area contributed by atoms with Crippen molar-refractivity contribution in [1.29, 1.82) is 0 Å². The molecule has 0 saturated carbocycles. The molecule has 0 atom stereocenters. The van der Waals surface area contributed by atoms with Crippen LogP contribution in [0.2, 0.25) is 0 Å². The van der Waals surface area contributed by atoms with E-state index in [-0.39, 0.29) is 16.7 Å². The lowest BCUT2D eigenvalue weighted by atomic mass is 10.0. The second-order valence-electron chi connectivity index (χ2n) is 7.06. The van der Waals surface area contributed by atoms with E-state index in [0.717, 1.165) is 11.1 Å². The van der Waals surface area contributed by atoms with Gasteiger partial charge in [0, 0.05) is 6.92 Å². The summed E-state index contributed by atoms with van der Waals surface area (Å²) in [5, 5.41) is 6.48. The Morgan fingerprint density at radius 1 is 1.00 bits per heavy atom. The minimum Gasteiger partial charge on any atom is -0.337 e. The number of amides is 1. The molecule has 0 unspecified atom stereocenters. The van der Waals surface area contributed by atoms with Crippen LogP contribution in [0.15, 0.2) is 45.8 Å². The molecule has 2 aromatic carbocycles. The van der Waals surface area contributed by atoms with Gasteiger partial charge in [-0.3, -0.25) is 14.8 Å². The van der Waals surface area contributed by atoms with Crippen LogP contribution in [0.1, 0.15) is 29.3 Å². The summed E-state index contributed by atoms with van der Waals surface area (Å²) in [7, 11) is -3.83. The first-order valence-corrected chi connectivity index (χ1v) is 10.5. The molecule has 0 bridgehead atoms. The maximum absolute atomic E-state index is 13.1. The molecule has 152 valence electrons. The van der Waals surface area contributed by atoms with E-state index in [9.17, 15) is 13.2 Å². The Hall–Kier alpha value is -3.13. The van der Waals surface area contributed by atoms with Gasteiger partial charge in [-0.1, -0.05) is 35.0 Å². The van der Waals surface area contributed by atoms with Crippen molar-refractivity contribution in [2.24, 2.45) is 0 Å². The molecule has 0 spiro atoms. The molecule has 0 saturated heterocycles. The van der Waals surface area contributed by atoms with Crippen molar-refractivity contribution < 1.29 is 17.7 Å². The number of rotatable bonds is 5. The zero-order chi connectivity index (χ0) is 21.3. The van der Waals surface area contributed by atoms with Crippen LogP contribution in [-0.4, -0.2) is 19.5 Å². The number of nitrogens with zero attached hydrogens (tertiary/aromatic N) is 1. The average Bonchev–Trinajstić information content (AvgIpc) is 2.97. The van der Waals surface area contributed by atoms with E-state index in [2.05, 4.69) is 15.2 Å². The van der Waals surface area contributed by atoms with Gasteiger partial charge in [0.15, 0.2) is 0 Å². The summed E-state index contributed by atoms with van der Waals surface area (Å²) in [6, 6.07) is 10.6. The molecule has 0 fully saturated rings. The van der Waals surface area contributed by atoms with E-state index in [4.69, 9.17) is 4.52 Å². The van der Waals surface area contributed by atoms with Crippen molar-refractivity contribution in [2.75, 3.05) is 10.0 Å². The summed E-state index contributed by atoms with van der Waals surface area (Å²) in [6.45, 7) is 8.63. The number of benzene rings is 2. The third-order valence-corrected chi connectivity index (χ3v) is 6.05. The fourth-order valence-corrected chi connectivity index (χ4v) is 4.53. The van der Waals surface area contributed by atoms with Gasteiger partial charge in [-0.05, 0) is 56.5 Å².